The number of hydrogen-bond donors (Lipinski definition) is 1. The molecule has 0 spiro atoms. The van der Waals surface area contributed by atoms with Crippen LogP contribution in [0.3, 0.4) is 0 Å². The molecular formula is C19H32BrN. The first kappa shape index (κ1) is 18.7. The van der Waals surface area contributed by atoms with Crippen LogP contribution >= 0.6 is 15.9 Å². The molecule has 0 radical (unpaired) electrons. The van der Waals surface area contributed by atoms with Crippen LogP contribution in [0.25, 0.3) is 0 Å². The van der Waals surface area contributed by atoms with Gasteiger partial charge in [0, 0.05) is 11.0 Å². The molecule has 1 N–H and O–H groups in total. The average molecular weight is 354 g/mol. The molecule has 21 heavy (non-hydrogen) atoms. The molecule has 0 heterocycles. The molecule has 0 aliphatic heterocycles. The van der Waals surface area contributed by atoms with Gasteiger partial charge >= 0.3 is 0 Å². The monoisotopic (exact) mass is 353 g/mol. The smallest absolute Gasteiger partial charge is 0.0178 e. The molecule has 1 unspecified atom stereocenters. The lowest BCUT2D eigenvalue weighted by molar-refractivity contribution is 0.506. The number of rotatable bonds is 12. The molecule has 0 aromatic heterocycles. The number of benzene rings is 1. The van der Waals surface area contributed by atoms with Crippen molar-refractivity contribution >= 4 is 15.9 Å². The molecule has 0 fully saturated rings. The number of nitrogens with one attached hydrogen (secondary N) is 1. The molecule has 1 rings (SSSR count). The lowest BCUT2D eigenvalue weighted by atomic mass is 9.92. The van der Waals surface area contributed by atoms with Crippen LogP contribution in [-0.2, 0) is 0 Å². The van der Waals surface area contributed by atoms with Crippen molar-refractivity contribution in [3.05, 3.63) is 34.3 Å². The van der Waals surface area contributed by atoms with Crippen molar-refractivity contribution in [2.24, 2.45) is 0 Å². The van der Waals surface area contributed by atoms with Crippen LogP contribution in [0.4, 0.5) is 0 Å². The maximum atomic E-state index is 3.60. The van der Waals surface area contributed by atoms with E-state index in [0.29, 0.717) is 5.92 Å². The summed E-state index contributed by atoms with van der Waals surface area (Å²) >= 11 is 3.60. The van der Waals surface area contributed by atoms with Gasteiger partial charge < -0.3 is 5.32 Å². The lowest BCUT2D eigenvalue weighted by Gasteiger charge is -2.18. The largest absolute Gasteiger partial charge is 0.316 e. The second kappa shape index (κ2) is 12.2. The Morgan fingerprint density at radius 1 is 1.00 bits per heavy atom. The van der Waals surface area contributed by atoms with Crippen LogP contribution in [0, 0.1) is 0 Å². The maximum Gasteiger partial charge on any atom is 0.0178 e. The van der Waals surface area contributed by atoms with Crippen molar-refractivity contribution in [3.63, 3.8) is 0 Å². The quantitative estimate of drug-likeness (QED) is 0.435. The molecule has 0 saturated carbocycles. The van der Waals surface area contributed by atoms with Crippen molar-refractivity contribution in [1.82, 2.24) is 5.32 Å². The zero-order valence-electron chi connectivity index (χ0n) is 13.8. The molecule has 120 valence electrons. The Kier molecular flexibility index (Phi) is 10.9. The Balaban J connectivity index is 2.41. The van der Waals surface area contributed by atoms with E-state index in [0.717, 1.165) is 13.1 Å². The molecule has 1 nitrogen and oxygen atoms in total. The summed E-state index contributed by atoms with van der Waals surface area (Å²) in [7, 11) is 0. The van der Waals surface area contributed by atoms with Gasteiger partial charge in [-0.1, -0.05) is 80.4 Å². The molecule has 0 aliphatic carbocycles. The lowest BCUT2D eigenvalue weighted by Crippen LogP contribution is -2.22. The zero-order chi connectivity index (χ0) is 15.3. The maximum absolute atomic E-state index is 3.60. The Labute approximate surface area is 140 Å². The normalized spacial score (nSPS) is 12.5. The van der Waals surface area contributed by atoms with Gasteiger partial charge in [0.1, 0.15) is 0 Å². The molecule has 0 amide bonds. The fourth-order valence-electron chi connectivity index (χ4n) is 2.77. The van der Waals surface area contributed by atoms with E-state index in [1.807, 2.05) is 0 Å². The second-order valence-electron chi connectivity index (χ2n) is 6.01. The van der Waals surface area contributed by atoms with E-state index < -0.39 is 0 Å². The summed E-state index contributed by atoms with van der Waals surface area (Å²) in [5.41, 5.74) is 1.47. The summed E-state index contributed by atoms with van der Waals surface area (Å²) < 4.78 is 1.20. The van der Waals surface area contributed by atoms with E-state index in [-0.39, 0.29) is 0 Å². The number of halogens is 1. The van der Waals surface area contributed by atoms with Gasteiger partial charge in [0.2, 0.25) is 0 Å². The minimum absolute atomic E-state index is 0.653. The van der Waals surface area contributed by atoms with Gasteiger partial charge in [-0.3, -0.25) is 0 Å². The second-order valence-corrected chi connectivity index (χ2v) is 6.93. The van der Waals surface area contributed by atoms with Crippen LogP contribution in [0.15, 0.2) is 28.7 Å². The molecule has 2 heteroatoms. The minimum Gasteiger partial charge on any atom is -0.316 e. The van der Waals surface area contributed by atoms with Crippen molar-refractivity contribution in [1.29, 1.82) is 0 Å². The minimum atomic E-state index is 0.653. The predicted molar refractivity (Wildman–Crippen MR) is 98.0 cm³/mol. The predicted octanol–water partition coefficient (Wildman–Crippen LogP) is 6.28. The topological polar surface area (TPSA) is 12.0 Å². The fraction of sp³-hybridized carbons (Fsp3) is 0.684. The van der Waals surface area contributed by atoms with Crippen molar-refractivity contribution in [3.8, 4) is 0 Å². The summed E-state index contributed by atoms with van der Waals surface area (Å²) in [6.45, 7) is 6.75. The molecule has 1 atom stereocenters. The highest BCUT2D eigenvalue weighted by Crippen LogP contribution is 2.25. The molecule has 0 bridgehead atoms. The molecule has 1 aromatic rings. The van der Waals surface area contributed by atoms with Crippen molar-refractivity contribution in [2.45, 2.75) is 71.1 Å². The first-order valence-electron chi connectivity index (χ1n) is 8.74. The Morgan fingerprint density at radius 3 is 2.48 bits per heavy atom. The van der Waals surface area contributed by atoms with E-state index in [4.69, 9.17) is 0 Å². The SMILES string of the molecule is CCCCCCCCC(CNCCC)c1cccc(Br)c1. The van der Waals surface area contributed by atoms with Gasteiger partial charge in [0.15, 0.2) is 0 Å². The van der Waals surface area contributed by atoms with Crippen molar-refractivity contribution < 1.29 is 0 Å². The van der Waals surface area contributed by atoms with Crippen LogP contribution < -0.4 is 5.32 Å². The Morgan fingerprint density at radius 2 is 1.76 bits per heavy atom. The third-order valence-corrected chi connectivity index (χ3v) is 4.54. The van der Waals surface area contributed by atoms with E-state index in [2.05, 4.69) is 59.4 Å². The Hall–Kier alpha value is -0.340. The van der Waals surface area contributed by atoms with E-state index >= 15 is 0 Å². The number of hydrogen-bond acceptors (Lipinski definition) is 1. The average Bonchev–Trinajstić information content (AvgIpc) is 2.49. The van der Waals surface area contributed by atoms with Crippen LogP contribution in [0.2, 0.25) is 0 Å². The van der Waals surface area contributed by atoms with Crippen LogP contribution in [0.1, 0.15) is 76.7 Å². The molecule has 0 saturated heterocycles. The first-order chi connectivity index (χ1) is 10.3. The highest BCUT2D eigenvalue weighted by Gasteiger charge is 2.11. The van der Waals surface area contributed by atoms with Crippen molar-refractivity contribution in [2.75, 3.05) is 13.1 Å². The van der Waals surface area contributed by atoms with E-state index in [1.165, 1.54) is 61.4 Å². The fourth-order valence-corrected chi connectivity index (χ4v) is 3.19. The third-order valence-electron chi connectivity index (χ3n) is 4.04. The summed E-state index contributed by atoms with van der Waals surface area (Å²) in [4.78, 5) is 0. The molecule has 0 aliphatic rings. The first-order valence-corrected chi connectivity index (χ1v) is 9.53. The van der Waals surface area contributed by atoms with Gasteiger partial charge in [-0.15, -0.1) is 0 Å². The highest BCUT2D eigenvalue weighted by molar-refractivity contribution is 9.10. The number of unbranched alkanes of at least 4 members (excludes halogenated alkanes) is 5. The van der Waals surface area contributed by atoms with E-state index in [1.54, 1.807) is 0 Å². The van der Waals surface area contributed by atoms with Crippen LogP contribution in [0.5, 0.6) is 0 Å². The summed E-state index contributed by atoms with van der Waals surface area (Å²) in [5, 5.41) is 3.60. The Bertz CT molecular complexity index is 364. The summed E-state index contributed by atoms with van der Waals surface area (Å²) in [5.74, 6) is 0.653. The summed E-state index contributed by atoms with van der Waals surface area (Å²) in [6, 6.07) is 8.84. The van der Waals surface area contributed by atoms with Gasteiger partial charge in [0.25, 0.3) is 0 Å². The molecular weight excluding hydrogens is 322 g/mol. The highest BCUT2D eigenvalue weighted by atomic mass is 79.9. The molecule has 1 aromatic carbocycles. The third kappa shape index (κ3) is 8.63. The van der Waals surface area contributed by atoms with E-state index in [9.17, 15) is 0 Å². The van der Waals surface area contributed by atoms with Gasteiger partial charge in [-0.05, 0) is 43.0 Å². The van der Waals surface area contributed by atoms with Gasteiger partial charge in [-0.25, -0.2) is 0 Å². The zero-order valence-corrected chi connectivity index (χ0v) is 15.4. The standard InChI is InChI=1S/C19H32BrN/c1-3-5-6-7-8-9-11-18(16-21-14-4-2)17-12-10-13-19(20)15-17/h10,12-13,15,18,21H,3-9,11,14,16H2,1-2H3. The summed E-state index contributed by atoms with van der Waals surface area (Å²) in [6.07, 6.45) is 10.8. The van der Waals surface area contributed by atoms with Crippen LogP contribution in [-0.4, -0.2) is 13.1 Å². The van der Waals surface area contributed by atoms with Gasteiger partial charge in [0.05, 0.1) is 0 Å². The van der Waals surface area contributed by atoms with Gasteiger partial charge in [-0.2, -0.15) is 0 Å².